The molecule has 0 aliphatic heterocycles. The van der Waals surface area contributed by atoms with Crippen molar-refractivity contribution >= 4 is 30.0 Å². The van der Waals surface area contributed by atoms with Crippen LogP contribution in [-0.4, -0.2) is 22.3 Å². The van der Waals surface area contributed by atoms with E-state index in [1.165, 1.54) is 0 Å². The molecule has 0 saturated heterocycles. The molecule has 1 aliphatic carbocycles. The molecule has 1 atom stereocenters. The van der Waals surface area contributed by atoms with Crippen molar-refractivity contribution in [3.8, 4) is 16.8 Å². The lowest BCUT2D eigenvalue weighted by Crippen LogP contribution is -2.18. The maximum absolute atomic E-state index is 12.5. The van der Waals surface area contributed by atoms with Crippen molar-refractivity contribution < 1.29 is 19.1 Å². The van der Waals surface area contributed by atoms with E-state index in [1.54, 1.807) is 29.9 Å². The molecule has 1 heterocycles. The molecule has 0 spiro atoms. The monoisotopic (exact) mass is 501 g/mol. The number of ether oxygens (including phenoxy) is 2. The Kier molecular flexibility index (Phi) is 6.48. The third-order valence-corrected chi connectivity index (χ3v) is 6.68. The minimum atomic E-state index is -0.604. The van der Waals surface area contributed by atoms with Crippen LogP contribution in [0.2, 0.25) is 5.02 Å². The number of rotatable bonds is 8. The molecule has 36 heavy (non-hydrogen) atoms. The molecule has 1 N–H and O–H groups in total. The van der Waals surface area contributed by atoms with Gasteiger partial charge in [0.25, 0.3) is 6.47 Å². The zero-order valence-corrected chi connectivity index (χ0v) is 20.3. The summed E-state index contributed by atoms with van der Waals surface area (Å²) in [5.41, 5.74) is 4.16. The van der Waals surface area contributed by atoms with Gasteiger partial charge in [-0.15, -0.1) is 0 Å². The number of aromatic nitrogens is 2. The summed E-state index contributed by atoms with van der Waals surface area (Å²) < 4.78 is 12.4. The van der Waals surface area contributed by atoms with Crippen molar-refractivity contribution in [2.75, 3.05) is 5.32 Å². The van der Waals surface area contributed by atoms with E-state index in [2.05, 4.69) is 10.4 Å². The molecule has 5 rings (SSSR count). The van der Waals surface area contributed by atoms with Crippen LogP contribution in [0.4, 0.5) is 10.6 Å². The van der Waals surface area contributed by atoms with Gasteiger partial charge < -0.3 is 9.47 Å². The summed E-state index contributed by atoms with van der Waals surface area (Å²) in [6.45, 7) is 2.29. The standard InChI is InChI=1S/C28H24ClN3O4/c1-19(24-4-2-3-5-25(24)29)36-27(34)31-26-14-17-30-32(26)23-12-8-21(9-13-23)20-6-10-22(11-7-20)28(15-16-28)35-18-33/h2-14,17-19H,15-16H2,1H3,(H,31,34)/t19-/m1/s1. The normalized spacial score (nSPS) is 14.5. The van der Waals surface area contributed by atoms with Crippen LogP contribution in [0, 0.1) is 0 Å². The Bertz CT molecular complexity index is 1380. The van der Waals surface area contributed by atoms with E-state index in [4.69, 9.17) is 21.1 Å². The van der Waals surface area contributed by atoms with E-state index in [9.17, 15) is 9.59 Å². The lowest BCUT2D eigenvalue weighted by molar-refractivity contribution is -0.136. The first kappa shape index (κ1) is 23.6. The van der Waals surface area contributed by atoms with Crippen molar-refractivity contribution in [3.05, 3.63) is 101 Å². The largest absolute Gasteiger partial charge is 0.456 e. The van der Waals surface area contributed by atoms with Crippen molar-refractivity contribution in [3.63, 3.8) is 0 Å². The van der Waals surface area contributed by atoms with Crippen molar-refractivity contribution in [1.82, 2.24) is 9.78 Å². The molecule has 1 amide bonds. The van der Waals surface area contributed by atoms with Crippen LogP contribution in [-0.2, 0) is 19.9 Å². The maximum Gasteiger partial charge on any atom is 0.413 e. The molecule has 1 saturated carbocycles. The second-order valence-corrected chi connectivity index (χ2v) is 9.06. The summed E-state index contributed by atoms with van der Waals surface area (Å²) in [6, 6.07) is 24.8. The first-order chi connectivity index (χ1) is 17.5. The molecule has 182 valence electrons. The summed E-state index contributed by atoms with van der Waals surface area (Å²) in [5, 5.41) is 7.63. The predicted octanol–water partition coefficient (Wildman–Crippen LogP) is 6.66. The summed E-state index contributed by atoms with van der Waals surface area (Å²) in [7, 11) is 0. The van der Waals surface area contributed by atoms with Gasteiger partial charge in [0.05, 0.1) is 11.9 Å². The van der Waals surface area contributed by atoms with Gasteiger partial charge in [-0.2, -0.15) is 5.10 Å². The predicted molar refractivity (Wildman–Crippen MR) is 137 cm³/mol. The van der Waals surface area contributed by atoms with Gasteiger partial charge in [-0.3, -0.25) is 10.1 Å². The minimum absolute atomic E-state index is 0.445. The number of anilines is 1. The van der Waals surface area contributed by atoms with Crippen LogP contribution in [0.25, 0.3) is 16.8 Å². The van der Waals surface area contributed by atoms with Crippen LogP contribution >= 0.6 is 11.6 Å². The molecule has 3 aromatic carbocycles. The van der Waals surface area contributed by atoms with Crippen LogP contribution in [0.5, 0.6) is 0 Å². The maximum atomic E-state index is 12.5. The van der Waals surface area contributed by atoms with Crippen LogP contribution in [0.1, 0.15) is 37.0 Å². The molecule has 1 aromatic heterocycles. The van der Waals surface area contributed by atoms with Crippen LogP contribution in [0.3, 0.4) is 0 Å². The topological polar surface area (TPSA) is 82.4 Å². The number of halogens is 1. The first-order valence-electron chi connectivity index (χ1n) is 11.6. The fourth-order valence-electron chi connectivity index (χ4n) is 4.21. The van der Waals surface area contributed by atoms with Gasteiger partial charge >= 0.3 is 6.09 Å². The summed E-state index contributed by atoms with van der Waals surface area (Å²) in [4.78, 5) is 23.3. The Labute approximate surface area is 213 Å². The Balaban J connectivity index is 1.26. The molecule has 8 heteroatoms. The van der Waals surface area contributed by atoms with Crippen molar-refractivity contribution in [1.29, 1.82) is 0 Å². The zero-order valence-electron chi connectivity index (χ0n) is 19.6. The molecular weight excluding hydrogens is 478 g/mol. The number of carbonyl (C=O) groups is 2. The van der Waals surface area contributed by atoms with Gasteiger partial charge in [0.15, 0.2) is 0 Å². The number of nitrogens with one attached hydrogen (secondary N) is 1. The molecule has 0 unspecified atom stereocenters. The van der Waals surface area contributed by atoms with E-state index < -0.39 is 17.8 Å². The highest BCUT2D eigenvalue weighted by atomic mass is 35.5. The van der Waals surface area contributed by atoms with E-state index in [0.29, 0.717) is 17.3 Å². The Morgan fingerprint density at radius 2 is 1.69 bits per heavy atom. The molecule has 4 aromatic rings. The van der Waals surface area contributed by atoms with Gasteiger partial charge in [0.2, 0.25) is 0 Å². The highest BCUT2D eigenvalue weighted by molar-refractivity contribution is 6.31. The SMILES string of the molecule is C[C@@H](OC(=O)Nc1ccnn1-c1ccc(-c2ccc(C3(OC=O)CC3)cc2)cc1)c1ccccc1Cl. The third kappa shape index (κ3) is 4.83. The summed E-state index contributed by atoms with van der Waals surface area (Å²) in [5.74, 6) is 0.480. The summed E-state index contributed by atoms with van der Waals surface area (Å²) >= 11 is 6.21. The number of hydrogen-bond acceptors (Lipinski definition) is 5. The average Bonchev–Trinajstić information content (AvgIpc) is 3.53. The second kappa shape index (κ2) is 9.87. The molecular formula is C28H24ClN3O4. The molecule has 0 radical (unpaired) electrons. The van der Waals surface area contributed by atoms with Gasteiger partial charge in [-0.25, -0.2) is 9.48 Å². The van der Waals surface area contributed by atoms with Crippen molar-refractivity contribution in [2.45, 2.75) is 31.5 Å². The minimum Gasteiger partial charge on any atom is -0.456 e. The van der Waals surface area contributed by atoms with E-state index in [0.717, 1.165) is 40.8 Å². The van der Waals surface area contributed by atoms with Gasteiger partial charge in [-0.1, -0.05) is 66.2 Å². The van der Waals surface area contributed by atoms with E-state index >= 15 is 0 Å². The van der Waals surface area contributed by atoms with Gasteiger partial charge in [0, 0.05) is 16.7 Å². The second-order valence-electron chi connectivity index (χ2n) is 8.65. The van der Waals surface area contributed by atoms with Crippen LogP contribution in [0.15, 0.2) is 85.1 Å². The fourth-order valence-corrected chi connectivity index (χ4v) is 4.50. The quantitative estimate of drug-likeness (QED) is 0.273. The number of hydrogen-bond donors (Lipinski definition) is 1. The number of benzene rings is 3. The number of amides is 1. The van der Waals surface area contributed by atoms with E-state index in [-0.39, 0.29) is 0 Å². The molecule has 1 fully saturated rings. The first-order valence-corrected chi connectivity index (χ1v) is 12.0. The Morgan fingerprint density at radius 1 is 1.03 bits per heavy atom. The number of nitrogens with zero attached hydrogens (tertiary/aromatic N) is 2. The Hall–Kier alpha value is -4.10. The lowest BCUT2D eigenvalue weighted by atomic mass is 10.0. The average molecular weight is 502 g/mol. The molecule has 1 aliphatic rings. The lowest BCUT2D eigenvalue weighted by Gasteiger charge is -2.16. The van der Waals surface area contributed by atoms with Gasteiger partial charge in [0.1, 0.15) is 17.5 Å². The van der Waals surface area contributed by atoms with Crippen molar-refractivity contribution in [2.24, 2.45) is 0 Å². The molecule has 0 bridgehead atoms. The smallest absolute Gasteiger partial charge is 0.413 e. The fraction of sp³-hybridized carbons (Fsp3) is 0.179. The third-order valence-electron chi connectivity index (χ3n) is 6.33. The Morgan fingerprint density at radius 3 is 2.33 bits per heavy atom. The highest BCUT2D eigenvalue weighted by Gasteiger charge is 2.46. The summed E-state index contributed by atoms with van der Waals surface area (Å²) in [6.07, 6.45) is 2.20. The molecule has 7 nitrogen and oxygen atoms in total. The number of carbonyl (C=O) groups excluding carboxylic acids is 2. The van der Waals surface area contributed by atoms with Gasteiger partial charge in [-0.05, 0) is 54.7 Å². The zero-order chi connectivity index (χ0) is 25.1. The highest BCUT2D eigenvalue weighted by Crippen LogP contribution is 2.49. The van der Waals surface area contributed by atoms with Crippen LogP contribution < -0.4 is 5.32 Å². The van der Waals surface area contributed by atoms with E-state index in [1.807, 2.05) is 66.7 Å².